The Morgan fingerprint density at radius 3 is 2.74 bits per heavy atom. The van der Waals surface area contributed by atoms with E-state index in [0.717, 1.165) is 17.7 Å². The molecule has 0 aliphatic heterocycles. The number of aliphatic carboxylic acids is 1. The standard InChI is InChI=1S/C23H19F3N2O3/c1-13-7-15(14-3-2-4-17(24)9-14)8-16(22(13)26)11-28-23-18(10-27)20(6-5-19(23)25)31-12-21(29)30/h2-6,8-9,13,28H,7,11-12H2,1H3,(H,29,30). The van der Waals surface area contributed by atoms with Crippen molar-refractivity contribution in [2.24, 2.45) is 5.92 Å². The maximum absolute atomic E-state index is 14.8. The molecule has 160 valence electrons. The number of ether oxygens (including phenoxy) is 1. The van der Waals surface area contributed by atoms with Crippen LogP contribution < -0.4 is 10.1 Å². The van der Waals surface area contributed by atoms with E-state index in [9.17, 15) is 23.2 Å². The highest BCUT2D eigenvalue weighted by Gasteiger charge is 2.23. The number of halogens is 3. The Hall–Kier alpha value is -3.73. The summed E-state index contributed by atoms with van der Waals surface area (Å²) in [4.78, 5) is 10.7. The fourth-order valence-electron chi connectivity index (χ4n) is 3.38. The van der Waals surface area contributed by atoms with Gasteiger partial charge in [-0.3, -0.25) is 0 Å². The first kappa shape index (κ1) is 22.0. The van der Waals surface area contributed by atoms with Crippen LogP contribution in [0.2, 0.25) is 0 Å². The lowest BCUT2D eigenvalue weighted by atomic mass is 9.86. The molecule has 1 aliphatic carbocycles. The number of allylic oxidation sites excluding steroid dienone is 2. The summed E-state index contributed by atoms with van der Waals surface area (Å²) in [5.74, 6) is -3.36. The van der Waals surface area contributed by atoms with Crippen molar-refractivity contribution in [1.82, 2.24) is 0 Å². The molecule has 31 heavy (non-hydrogen) atoms. The fourth-order valence-corrected chi connectivity index (χ4v) is 3.38. The zero-order valence-electron chi connectivity index (χ0n) is 16.6. The van der Waals surface area contributed by atoms with Gasteiger partial charge in [0.2, 0.25) is 0 Å². The third kappa shape index (κ3) is 5.07. The summed E-state index contributed by atoms with van der Waals surface area (Å²) in [7, 11) is 0. The van der Waals surface area contributed by atoms with E-state index in [1.165, 1.54) is 12.1 Å². The number of nitrogens with one attached hydrogen (secondary N) is 1. The van der Waals surface area contributed by atoms with Gasteiger partial charge in [-0.05, 0) is 41.8 Å². The van der Waals surface area contributed by atoms with E-state index < -0.39 is 30.1 Å². The Bertz CT molecular complexity index is 1120. The zero-order chi connectivity index (χ0) is 22.5. The Morgan fingerprint density at radius 1 is 1.29 bits per heavy atom. The molecule has 1 atom stereocenters. The maximum atomic E-state index is 14.8. The summed E-state index contributed by atoms with van der Waals surface area (Å²) in [6.07, 6.45) is 1.97. The fraction of sp³-hybridized carbons (Fsp3) is 0.217. The minimum atomic E-state index is -1.25. The topological polar surface area (TPSA) is 82.3 Å². The quantitative estimate of drug-likeness (QED) is 0.644. The van der Waals surface area contributed by atoms with Gasteiger partial charge in [0.05, 0.1) is 5.69 Å². The molecule has 0 amide bonds. The summed E-state index contributed by atoms with van der Waals surface area (Å²) >= 11 is 0. The lowest BCUT2D eigenvalue weighted by Crippen LogP contribution is -2.15. The average Bonchev–Trinajstić information content (AvgIpc) is 2.74. The third-order valence-corrected chi connectivity index (χ3v) is 4.84. The molecule has 0 spiro atoms. The molecule has 5 nitrogen and oxygen atoms in total. The summed E-state index contributed by atoms with van der Waals surface area (Å²) in [6.45, 7) is 0.864. The third-order valence-electron chi connectivity index (χ3n) is 4.84. The smallest absolute Gasteiger partial charge is 0.341 e. The highest BCUT2D eigenvalue weighted by atomic mass is 19.1. The molecule has 0 aromatic heterocycles. The number of carboxylic acid groups (broad SMARTS) is 1. The van der Waals surface area contributed by atoms with Crippen LogP contribution in [0, 0.1) is 28.9 Å². The Morgan fingerprint density at radius 2 is 2.06 bits per heavy atom. The second-order valence-corrected chi connectivity index (χ2v) is 7.10. The van der Waals surface area contributed by atoms with Crippen LogP contribution in [0.3, 0.4) is 0 Å². The van der Waals surface area contributed by atoms with Crippen molar-refractivity contribution in [1.29, 1.82) is 5.26 Å². The van der Waals surface area contributed by atoms with Crippen LogP contribution in [-0.4, -0.2) is 24.2 Å². The zero-order valence-corrected chi connectivity index (χ0v) is 16.6. The van der Waals surface area contributed by atoms with E-state index in [1.807, 2.05) is 0 Å². The SMILES string of the molecule is CC1CC(c2cccc(F)c2)=CC(CNc2c(F)ccc(OCC(=O)O)c2C#N)=C1F. The molecule has 8 heteroatoms. The van der Waals surface area contributed by atoms with E-state index >= 15 is 0 Å². The normalized spacial score (nSPS) is 15.8. The van der Waals surface area contributed by atoms with Gasteiger partial charge in [-0.25, -0.2) is 18.0 Å². The Balaban J connectivity index is 1.88. The van der Waals surface area contributed by atoms with Crippen molar-refractivity contribution in [3.05, 3.63) is 76.6 Å². The number of hydrogen-bond donors (Lipinski definition) is 2. The van der Waals surface area contributed by atoms with Gasteiger partial charge in [-0.1, -0.05) is 25.1 Å². The van der Waals surface area contributed by atoms with Crippen molar-refractivity contribution < 1.29 is 27.8 Å². The lowest BCUT2D eigenvalue weighted by molar-refractivity contribution is -0.139. The van der Waals surface area contributed by atoms with E-state index in [2.05, 4.69) is 5.32 Å². The molecule has 3 rings (SSSR count). The van der Waals surface area contributed by atoms with Crippen molar-refractivity contribution >= 4 is 17.2 Å². The number of anilines is 1. The molecule has 2 aromatic rings. The summed E-state index contributed by atoms with van der Waals surface area (Å²) in [6, 6.07) is 9.96. The first-order valence-electron chi connectivity index (χ1n) is 9.46. The first-order valence-corrected chi connectivity index (χ1v) is 9.46. The first-order chi connectivity index (χ1) is 14.8. The van der Waals surface area contributed by atoms with E-state index in [0.29, 0.717) is 12.0 Å². The van der Waals surface area contributed by atoms with Crippen LogP contribution in [0.5, 0.6) is 5.75 Å². The van der Waals surface area contributed by atoms with Crippen LogP contribution in [0.1, 0.15) is 24.5 Å². The molecular formula is C23H19F3N2O3. The molecule has 2 aromatic carbocycles. The number of carbonyl (C=O) groups is 1. The number of benzene rings is 2. The van der Waals surface area contributed by atoms with E-state index in [-0.39, 0.29) is 34.9 Å². The van der Waals surface area contributed by atoms with Gasteiger partial charge in [0.15, 0.2) is 6.61 Å². The molecule has 1 aliphatic rings. The van der Waals surface area contributed by atoms with Gasteiger partial charge in [-0.2, -0.15) is 5.26 Å². The van der Waals surface area contributed by atoms with Crippen molar-refractivity contribution in [2.45, 2.75) is 13.3 Å². The van der Waals surface area contributed by atoms with Crippen LogP contribution >= 0.6 is 0 Å². The molecule has 0 heterocycles. The van der Waals surface area contributed by atoms with Crippen LogP contribution in [0.15, 0.2) is 53.9 Å². The monoisotopic (exact) mass is 428 g/mol. The lowest BCUT2D eigenvalue weighted by Gasteiger charge is -2.22. The average molecular weight is 428 g/mol. The minimum Gasteiger partial charge on any atom is -0.480 e. The minimum absolute atomic E-state index is 0.101. The van der Waals surface area contributed by atoms with E-state index in [1.54, 1.807) is 31.2 Å². The van der Waals surface area contributed by atoms with Crippen LogP contribution in [0.4, 0.5) is 18.9 Å². The second kappa shape index (κ2) is 9.39. The van der Waals surface area contributed by atoms with Crippen LogP contribution in [-0.2, 0) is 4.79 Å². The number of hydrogen-bond acceptors (Lipinski definition) is 4. The molecule has 0 bridgehead atoms. The number of carboxylic acids is 1. The number of nitrogens with zero attached hydrogens (tertiary/aromatic N) is 1. The number of rotatable bonds is 7. The Kier molecular flexibility index (Phi) is 6.65. The van der Waals surface area contributed by atoms with Crippen molar-refractivity contribution in [3.8, 4) is 11.8 Å². The van der Waals surface area contributed by atoms with Gasteiger partial charge in [-0.15, -0.1) is 0 Å². The predicted octanol–water partition coefficient (Wildman–Crippen LogP) is 5.06. The van der Waals surface area contributed by atoms with Gasteiger partial charge in [0.25, 0.3) is 0 Å². The van der Waals surface area contributed by atoms with Crippen molar-refractivity contribution in [3.63, 3.8) is 0 Å². The summed E-state index contributed by atoms with van der Waals surface area (Å²) < 4.78 is 47.8. The molecule has 0 fully saturated rings. The van der Waals surface area contributed by atoms with E-state index in [4.69, 9.17) is 9.84 Å². The highest BCUT2D eigenvalue weighted by Crippen LogP contribution is 2.36. The molecule has 0 radical (unpaired) electrons. The highest BCUT2D eigenvalue weighted by molar-refractivity contribution is 5.72. The van der Waals surface area contributed by atoms with Gasteiger partial charge >= 0.3 is 5.97 Å². The molecule has 2 N–H and O–H groups in total. The second-order valence-electron chi connectivity index (χ2n) is 7.10. The number of nitriles is 1. The van der Waals surface area contributed by atoms with Gasteiger partial charge < -0.3 is 15.2 Å². The summed E-state index contributed by atoms with van der Waals surface area (Å²) in [5.41, 5.74) is 1.18. The predicted molar refractivity (Wildman–Crippen MR) is 109 cm³/mol. The molecular weight excluding hydrogens is 409 g/mol. The van der Waals surface area contributed by atoms with Gasteiger partial charge in [0.1, 0.15) is 34.8 Å². The largest absolute Gasteiger partial charge is 0.480 e. The molecule has 1 unspecified atom stereocenters. The van der Waals surface area contributed by atoms with Crippen molar-refractivity contribution in [2.75, 3.05) is 18.5 Å². The Labute approximate surface area is 177 Å². The maximum Gasteiger partial charge on any atom is 0.341 e. The summed E-state index contributed by atoms with van der Waals surface area (Å²) in [5, 5.41) is 20.9. The van der Waals surface area contributed by atoms with Crippen LogP contribution in [0.25, 0.3) is 5.57 Å². The molecule has 0 saturated heterocycles. The van der Waals surface area contributed by atoms with Gasteiger partial charge in [0, 0.05) is 18.0 Å². The molecule has 0 saturated carbocycles.